The van der Waals surface area contributed by atoms with Crippen molar-refractivity contribution < 1.29 is 9.53 Å². The summed E-state index contributed by atoms with van der Waals surface area (Å²) in [4.78, 5) is 21.3. The molecular weight excluding hydrogens is 458 g/mol. The number of aryl methyl sites for hydroxylation is 2. The summed E-state index contributed by atoms with van der Waals surface area (Å²) in [5, 5.41) is 3.82. The molecule has 35 heavy (non-hydrogen) atoms. The maximum atomic E-state index is 12.4. The number of rotatable bonds is 9. The van der Waals surface area contributed by atoms with Crippen LogP contribution in [0.5, 0.6) is 5.75 Å². The van der Waals surface area contributed by atoms with E-state index in [-0.39, 0.29) is 5.91 Å². The molecule has 1 aliphatic rings. The molecule has 1 aromatic carbocycles. The molecule has 4 rings (SSSR count). The predicted molar refractivity (Wildman–Crippen MR) is 141 cm³/mol. The van der Waals surface area contributed by atoms with Crippen LogP contribution in [0.15, 0.2) is 55.0 Å². The van der Waals surface area contributed by atoms with Crippen LogP contribution in [0.1, 0.15) is 61.3 Å². The highest BCUT2D eigenvalue weighted by atomic mass is 35.5. The number of pyridine rings is 2. The molecule has 0 radical (unpaired) electrons. The van der Waals surface area contributed by atoms with Crippen molar-refractivity contribution >= 4 is 17.5 Å². The van der Waals surface area contributed by atoms with E-state index in [9.17, 15) is 4.79 Å². The number of nitrogens with one attached hydrogen (secondary N) is 1. The van der Waals surface area contributed by atoms with E-state index in [1.807, 2.05) is 24.3 Å². The Hall–Kier alpha value is -2.92. The molecule has 184 valence electrons. The maximum Gasteiger partial charge on any atom is 0.220 e. The summed E-state index contributed by atoms with van der Waals surface area (Å²) in [6.07, 6.45) is 12.0. The van der Waals surface area contributed by atoms with Crippen molar-refractivity contribution in [2.45, 2.75) is 57.8 Å². The zero-order valence-corrected chi connectivity index (χ0v) is 21.4. The monoisotopic (exact) mass is 491 g/mol. The van der Waals surface area contributed by atoms with Crippen LogP contribution in [0.25, 0.3) is 11.1 Å². The third-order valence-corrected chi connectivity index (χ3v) is 7.12. The molecule has 6 heteroatoms. The number of nitrogens with zero attached hydrogens (tertiary/aromatic N) is 2. The molecule has 0 aliphatic heterocycles. The number of methoxy groups -OCH3 is 1. The van der Waals surface area contributed by atoms with Gasteiger partial charge in [-0.2, -0.15) is 0 Å². The number of amides is 1. The van der Waals surface area contributed by atoms with Crippen LogP contribution >= 0.6 is 11.6 Å². The van der Waals surface area contributed by atoms with E-state index in [2.05, 4.69) is 29.4 Å². The zero-order chi connectivity index (χ0) is 24.6. The van der Waals surface area contributed by atoms with Gasteiger partial charge in [0.05, 0.1) is 17.8 Å². The van der Waals surface area contributed by atoms with Gasteiger partial charge in [-0.1, -0.05) is 17.7 Å². The van der Waals surface area contributed by atoms with E-state index < -0.39 is 0 Å². The fraction of sp³-hybridized carbons (Fsp3) is 0.414. The lowest BCUT2D eigenvalue weighted by atomic mass is 9.78. The number of carbonyl (C=O) groups is 1. The SMILES string of the molecule is COc1cc(C)cc(CCCC(=O)NCC2CCC(c3ncc(Cl)cc3-c3ccncc3)CC2)c1. The van der Waals surface area contributed by atoms with Gasteiger partial charge in [0.1, 0.15) is 5.75 Å². The van der Waals surface area contributed by atoms with Crippen LogP contribution in [-0.4, -0.2) is 29.5 Å². The van der Waals surface area contributed by atoms with Crippen LogP contribution in [-0.2, 0) is 11.2 Å². The highest BCUT2D eigenvalue weighted by molar-refractivity contribution is 6.30. The van der Waals surface area contributed by atoms with Crippen molar-refractivity contribution in [2.75, 3.05) is 13.7 Å². The van der Waals surface area contributed by atoms with Gasteiger partial charge in [0.2, 0.25) is 5.91 Å². The highest BCUT2D eigenvalue weighted by Gasteiger charge is 2.26. The average Bonchev–Trinajstić information content (AvgIpc) is 2.88. The Morgan fingerprint density at radius 2 is 1.89 bits per heavy atom. The van der Waals surface area contributed by atoms with Gasteiger partial charge in [0.15, 0.2) is 0 Å². The standard InChI is InChI=1S/C29H34ClN3O2/c1-20-14-22(16-26(15-20)35-2)4-3-5-28(34)32-18-21-6-8-24(9-7-21)29-27(17-25(30)19-33-29)23-10-12-31-13-11-23/h10-17,19,21,24H,3-9,18H2,1-2H3,(H,32,34). The van der Waals surface area contributed by atoms with Crippen molar-refractivity contribution in [1.29, 1.82) is 0 Å². The Morgan fingerprint density at radius 3 is 2.63 bits per heavy atom. The normalized spacial score (nSPS) is 17.7. The number of carbonyl (C=O) groups excluding carboxylic acids is 1. The molecule has 1 fully saturated rings. The Labute approximate surface area is 213 Å². The van der Waals surface area contributed by atoms with Crippen molar-refractivity contribution in [3.8, 4) is 16.9 Å². The molecule has 1 N–H and O–H groups in total. The Kier molecular flexibility index (Phi) is 8.75. The van der Waals surface area contributed by atoms with E-state index in [4.69, 9.17) is 21.3 Å². The lowest BCUT2D eigenvalue weighted by molar-refractivity contribution is -0.121. The molecule has 2 aromatic heterocycles. The second-order valence-electron chi connectivity index (χ2n) is 9.56. The van der Waals surface area contributed by atoms with Crippen molar-refractivity contribution in [3.05, 3.63) is 76.8 Å². The molecule has 0 spiro atoms. The van der Waals surface area contributed by atoms with Crippen LogP contribution in [0.4, 0.5) is 0 Å². The van der Waals surface area contributed by atoms with Crippen LogP contribution in [0, 0.1) is 12.8 Å². The average molecular weight is 492 g/mol. The van der Waals surface area contributed by atoms with Gasteiger partial charge in [-0.15, -0.1) is 0 Å². The first-order chi connectivity index (χ1) is 17.0. The summed E-state index contributed by atoms with van der Waals surface area (Å²) in [5.74, 6) is 1.95. The van der Waals surface area contributed by atoms with E-state index >= 15 is 0 Å². The van der Waals surface area contributed by atoms with E-state index in [0.29, 0.717) is 23.3 Å². The summed E-state index contributed by atoms with van der Waals surface area (Å²) in [7, 11) is 1.69. The number of benzene rings is 1. The molecule has 1 amide bonds. The van der Waals surface area contributed by atoms with Crippen molar-refractivity contribution in [2.24, 2.45) is 5.92 Å². The lowest BCUT2D eigenvalue weighted by Crippen LogP contribution is -2.31. The van der Waals surface area contributed by atoms with E-state index in [1.165, 1.54) is 11.1 Å². The van der Waals surface area contributed by atoms with Gasteiger partial charge in [-0.05, 0) is 98.4 Å². The van der Waals surface area contributed by atoms with Gasteiger partial charge in [0.25, 0.3) is 0 Å². The minimum atomic E-state index is 0.145. The number of ether oxygens (including phenoxy) is 1. The summed E-state index contributed by atoms with van der Waals surface area (Å²) in [5.41, 5.74) is 5.72. The molecule has 0 saturated heterocycles. The predicted octanol–water partition coefficient (Wildman–Crippen LogP) is 6.53. The molecule has 0 atom stereocenters. The second kappa shape index (κ2) is 12.2. The van der Waals surface area contributed by atoms with Crippen LogP contribution in [0.3, 0.4) is 0 Å². The van der Waals surface area contributed by atoms with Gasteiger partial charge in [-0.25, -0.2) is 0 Å². The minimum Gasteiger partial charge on any atom is -0.497 e. The third kappa shape index (κ3) is 7.04. The summed E-state index contributed by atoms with van der Waals surface area (Å²) < 4.78 is 5.35. The smallest absolute Gasteiger partial charge is 0.220 e. The molecule has 0 bridgehead atoms. The first kappa shape index (κ1) is 25.2. The quantitative estimate of drug-likeness (QED) is 0.369. The van der Waals surface area contributed by atoms with Crippen molar-refractivity contribution in [1.82, 2.24) is 15.3 Å². The topological polar surface area (TPSA) is 64.1 Å². The number of hydrogen-bond acceptors (Lipinski definition) is 4. The maximum absolute atomic E-state index is 12.4. The molecule has 1 aliphatic carbocycles. The van der Waals surface area contributed by atoms with E-state index in [0.717, 1.165) is 67.6 Å². The molecule has 5 nitrogen and oxygen atoms in total. The van der Waals surface area contributed by atoms with Crippen LogP contribution in [0.2, 0.25) is 5.02 Å². The highest BCUT2D eigenvalue weighted by Crippen LogP contribution is 2.39. The van der Waals surface area contributed by atoms with Gasteiger partial charge in [0, 0.05) is 43.0 Å². The van der Waals surface area contributed by atoms with Gasteiger partial charge >= 0.3 is 0 Å². The lowest BCUT2D eigenvalue weighted by Gasteiger charge is -2.29. The van der Waals surface area contributed by atoms with Crippen LogP contribution < -0.4 is 10.1 Å². The Morgan fingerprint density at radius 1 is 1.11 bits per heavy atom. The fourth-order valence-corrected chi connectivity index (χ4v) is 5.22. The molecule has 1 saturated carbocycles. The second-order valence-corrected chi connectivity index (χ2v) is 9.99. The van der Waals surface area contributed by atoms with Crippen molar-refractivity contribution in [3.63, 3.8) is 0 Å². The fourth-order valence-electron chi connectivity index (χ4n) is 5.06. The van der Waals surface area contributed by atoms with E-state index in [1.54, 1.807) is 25.7 Å². The number of hydrogen-bond donors (Lipinski definition) is 1. The molecular formula is C29H34ClN3O2. The Balaban J connectivity index is 1.23. The van der Waals surface area contributed by atoms with Gasteiger partial charge < -0.3 is 10.1 Å². The molecule has 2 heterocycles. The first-order valence-electron chi connectivity index (χ1n) is 12.5. The minimum absolute atomic E-state index is 0.145. The number of halogens is 1. The summed E-state index contributed by atoms with van der Waals surface area (Å²) >= 11 is 6.27. The largest absolute Gasteiger partial charge is 0.497 e. The number of aromatic nitrogens is 2. The Bertz CT molecular complexity index is 1130. The third-order valence-electron chi connectivity index (χ3n) is 6.91. The molecule has 0 unspecified atom stereocenters. The summed E-state index contributed by atoms with van der Waals surface area (Å²) in [6, 6.07) is 12.3. The first-order valence-corrected chi connectivity index (χ1v) is 12.9. The summed E-state index contributed by atoms with van der Waals surface area (Å²) in [6.45, 7) is 2.82. The zero-order valence-electron chi connectivity index (χ0n) is 20.6. The van der Waals surface area contributed by atoms with Gasteiger partial charge in [-0.3, -0.25) is 14.8 Å². The molecule has 3 aromatic rings.